The lowest BCUT2D eigenvalue weighted by molar-refractivity contribution is -0.132. The van der Waals surface area contributed by atoms with Crippen molar-refractivity contribution in [3.63, 3.8) is 0 Å². The number of aromatic nitrogens is 1. The maximum Gasteiger partial charge on any atom is 0.335 e. The lowest BCUT2D eigenvalue weighted by Crippen LogP contribution is -2.57. The molecule has 4 heterocycles. The van der Waals surface area contributed by atoms with Gasteiger partial charge in [0.05, 0.1) is 30.7 Å². The number of morpholine rings is 1. The highest BCUT2D eigenvalue weighted by atomic mass is 16.5. The predicted molar refractivity (Wildman–Crippen MR) is 139 cm³/mol. The number of carboxylic acid groups (broad SMARTS) is 1. The molecule has 3 amide bonds. The summed E-state index contributed by atoms with van der Waals surface area (Å²) < 4.78 is 11.5. The van der Waals surface area contributed by atoms with Crippen molar-refractivity contribution in [3.05, 3.63) is 64.8 Å². The Kier molecular flexibility index (Phi) is 6.29. The second kappa shape index (κ2) is 9.77. The maximum atomic E-state index is 13.2. The summed E-state index contributed by atoms with van der Waals surface area (Å²) in [5.41, 5.74) is 3.76. The van der Waals surface area contributed by atoms with Gasteiger partial charge in [0.25, 0.3) is 0 Å². The molecule has 0 spiro atoms. The van der Waals surface area contributed by atoms with Crippen LogP contribution in [0.4, 0.5) is 4.79 Å². The molecular formula is C28H30N4O6. The van der Waals surface area contributed by atoms with Gasteiger partial charge in [0.15, 0.2) is 0 Å². The lowest BCUT2D eigenvalue weighted by Gasteiger charge is -2.45. The summed E-state index contributed by atoms with van der Waals surface area (Å²) in [4.78, 5) is 46.4. The Morgan fingerprint density at radius 3 is 2.63 bits per heavy atom. The summed E-state index contributed by atoms with van der Waals surface area (Å²) in [7, 11) is 1.53. The molecule has 198 valence electrons. The molecule has 38 heavy (non-hydrogen) atoms. The van der Waals surface area contributed by atoms with Gasteiger partial charge in [-0.1, -0.05) is 12.1 Å². The number of likely N-dealkylation sites (N-methyl/N-ethyl adjacent to an activating group) is 1. The summed E-state index contributed by atoms with van der Waals surface area (Å²) in [5, 5.41) is 10.2. The lowest BCUT2D eigenvalue weighted by atomic mass is 9.83. The van der Waals surface area contributed by atoms with Gasteiger partial charge in [0.1, 0.15) is 12.4 Å². The number of aromatic amines is 1. The number of benzene rings is 2. The number of nitrogens with one attached hydrogen (secondary N) is 1. The van der Waals surface area contributed by atoms with Crippen LogP contribution < -0.4 is 4.74 Å². The number of fused-ring (bicyclic) bond motifs is 6. The van der Waals surface area contributed by atoms with E-state index in [4.69, 9.17) is 9.47 Å². The number of carboxylic acids is 1. The second-order valence-corrected chi connectivity index (χ2v) is 10.1. The van der Waals surface area contributed by atoms with Crippen LogP contribution >= 0.6 is 0 Å². The molecule has 2 fully saturated rings. The highest BCUT2D eigenvalue weighted by molar-refractivity contribution is 6.04. The minimum Gasteiger partial charge on any atom is -0.492 e. The highest BCUT2D eigenvalue weighted by Gasteiger charge is 2.48. The summed E-state index contributed by atoms with van der Waals surface area (Å²) in [5.74, 6) is -0.917. The summed E-state index contributed by atoms with van der Waals surface area (Å²) in [6.07, 6.45) is 0.489. The van der Waals surface area contributed by atoms with Crippen molar-refractivity contribution < 1.29 is 29.0 Å². The number of H-pyrrole nitrogens is 1. The van der Waals surface area contributed by atoms with Crippen LogP contribution in [0.15, 0.2) is 42.5 Å². The maximum absolute atomic E-state index is 13.2. The van der Waals surface area contributed by atoms with Gasteiger partial charge >= 0.3 is 12.0 Å². The fraction of sp³-hybridized carbons (Fsp3) is 0.393. The predicted octanol–water partition coefficient (Wildman–Crippen LogP) is 2.85. The van der Waals surface area contributed by atoms with E-state index in [1.54, 1.807) is 29.2 Å². The van der Waals surface area contributed by atoms with Crippen LogP contribution in [0, 0.1) is 0 Å². The SMILES string of the molecule is CN1C(=O)C2CN(C1=O)C(Cc1ccc(C(=O)O)cc1)c1[nH]c3ccc(OCCN4CCOCC4)cc3c12. The molecule has 6 rings (SSSR count). The standard InChI is InChI=1S/C28H30N4O6/c1-30-26(33)21-16-32(28(30)36)23(14-17-2-4-18(5-3-17)27(34)35)25-24(21)20-15-19(6-7-22(20)29-25)38-13-10-31-8-11-37-12-9-31/h2-7,15,21,23,29H,8-14,16H2,1H3,(H,34,35). The molecule has 0 saturated carbocycles. The average molecular weight is 519 g/mol. The van der Waals surface area contributed by atoms with Gasteiger partial charge < -0.3 is 24.5 Å². The third kappa shape index (κ3) is 4.29. The molecule has 2 bridgehead atoms. The van der Waals surface area contributed by atoms with E-state index in [-0.39, 0.29) is 23.5 Å². The van der Waals surface area contributed by atoms with Gasteiger partial charge in [-0.2, -0.15) is 0 Å². The molecule has 3 aliphatic rings. The molecule has 0 radical (unpaired) electrons. The van der Waals surface area contributed by atoms with Crippen molar-refractivity contribution in [2.75, 3.05) is 53.0 Å². The van der Waals surface area contributed by atoms with Crippen molar-refractivity contribution in [2.45, 2.75) is 18.4 Å². The van der Waals surface area contributed by atoms with Gasteiger partial charge in [-0.15, -0.1) is 0 Å². The average Bonchev–Trinajstić information content (AvgIpc) is 3.31. The minimum absolute atomic E-state index is 0.212. The number of ether oxygens (including phenoxy) is 2. The van der Waals surface area contributed by atoms with Crippen LogP contribution in [0.5, 0.6) is 5.75 Å². The molecule has 2 saturated heterocycles. The largest absolute Gasteiger partial charge is 0.492 e. The highest BCUT2D eigenvalue weighted by Crippen LogP contribution is 2.45. The third-order valence-electron chi connectivity index (χ3n) is 7.85. The zero-order valence-corrected chi connectivity index (χ0v) is 21.2. The summed E-state index contributed by atoms with van der Waals surface area (Å²) in [6, 6.07) is 11.9. The minimum atomic E-state index is -0.982. The fourth-order valence-electron chi connectivity index (χ4n) is 5.78. The van der Waals surface area contributed by atoms with E-state index in [1.165, 1.54) is 11.9 Å². The first-order valence-corrected chi connectivity index (χ1v) is 12.9. The molecule has 2 N–H and O–H groups in total. The fourth-order valence-corrected chi connectivity index (χ4v) is 5.78. The number of hydrogen-bond donors (Lipinski definition) is 2. The first-order chi connectivity index (χ1) is 18.4. The number of aromatic carboxylic acids is 1. The molecule has 10 heteroatoms. The van der Waals surface area contributed by atoms with E-state index in [0.717, 1.165) is 66.3 Å². The number of amides is 3. The van der Waals surface area contributed by atoms with Crippen molar-refractivity contribution in [3.8, 4) is 5.75 Å². The van der Waals surface area contributed by atoms with Crippen LogP contribution in [-0.2, 0) is 16.0 Å². The molecule has 10 nitrogen and oxygen atoms in total. The molecule has 1 aromatic heterocycles. The number of hydrogen-bond acceptors (Lipinski definition) is 6. The number of carbonyl (C=O) groups excluding carboxylic acids is 2. The van der Waals surface area contributed by atoms with Crippen molar-refractivity contribution in [1.29, 1.82) is 0 Å². The molecule has 2 atom stereocenters. The zero-order valence-electron chi connectivity index (χ0n) is 21.2. The van der Waals surface area contributed by atoms with E-state index in [0.29, 0.717) is 19.6 Å². The number of rotatable bonds is 7. The number of nitrogens with zero attached hydrogens (tertiary/aromatic N) is 3. The normalized spacial score (nSPS) is 21.6. The van der Waals surface area contributed by atoms with E-state index in [2.05, 4.69) is 9.88 Å². The molecule has 3 aliphatic heterocycles. The van der Waals surface area contributed by atoms with Gasteiger partial charge in [-0.25, -0.2) is 9.59 Å². The number of urea groups is 1. The van der Waals surface area contributed by atoms with Gasteiger partial charge in [0, 0.05) is 49.8 Å². The van der Waals surface area contributed by atoms with Crippen molar-refractivity contribution in [2.24, 2.45) is 0 Å². The Balaban J connectivity index is 1.32. The molecule has 0 aliphatic carbocycles. The first-order valence-electron chi connectivity index (χ1n) is 12.9. The van der Waals surface area contributed by atoms with E-state index >= 15 is 0 Å². The topological polar surface area (TPSA) is 115 Å². The molecule has 2 unspecified atom stereocenters. The van der Waals surface area contributed by atoms with Gasteiger partial charge in [0.2, 0.25) is 5.91 Å². The summed E-state index contributed by atoms with van der Waals surface area (Å²) in [6.45, 7) is 4.98. The molecular weight excluding hydrogens is 488 g/mol. The van der Waals surface area contributed by atoms with Crippen molar-refractivity contribution in [1.82, 2.24) is 19.7 Å². The van der Waals surface area contributed by atoms with Crippen LogP contribution in [0.3, 0.4) is 0 Å². The monoisotopic (exact) mass is 518 g/mol. The second-order valence-electron chi connectivity index (χ2n) is 10.1. The van der Waals surface area contributed by atoms with Crippen LogP contribution in [0.2, 0.25) is 0 Å². The molecule has 3 aromatic rings. The van der Waals surface area contributed by atoms with Crippen LogP contribution in [-0.4, -0.2) is 95.7 Å². The van der Waals surface area contributed by atoms with Gasteiger partial charge in [-0.3, -0.25) is 14.6 Å². The zero-order chi connectivity index (χ0) is 26.4. The number of imide groups is 1. The Labute approximate surface area is 219 Å². The third-order valence-corrected chi connectivity index (χ3v) is 7.85. The molecule has 2 aromatic carbocycles. The van der Waals surface area contributed by atoms with E-state index in [1.807, 2.05) is 18.2 Å². The van der Waals surface area contributed by atoms with Crippen LogP contribution in [0.1, 0.15) is 39.1 Å². The summed E-state index contributed by atoms with van der Waals surface area (Å²) >= 11 is 0. The van der Waals surface area contributed by atoms with Crippen molar-refractivity contribution >= 4 is 28.8 Å². The van der Waals surface area contributed by atoms with E-state index in [9.17, 15) is 19.5 Å². The Morgan fingerprint density at radius 1 is 1.13 bits per heavy atom. The Bertz CT molecular complexity index is 1390. The van der Waals surface area contributed by atoms with Gasteiger partial charge in [-0.05, 0) is 47.9 Å². The van der Waals surface area contributed by atoms with E-state index < -0.39 is 11.9 Å². The Hall–Kier alpha value is -3.89. The first kappa shape index (κ1) is 24.4. The smallest absolute Gasteiger partial charge is 0.335 e. The Morgan fingerprint density at radius 2 is 1.89 bits per heavy atom. The quantitative estimate of drug-likeness (QED) is 0.494. The van der Waals surface area contributed by atoms with Crippen LogP contribution in [0.25, 0.3) is 10.9 Å². The number of carbonyl (C=O) groups is 3.